The van der Waals surface area contributed by atoms with E-state index in [9.17, 15) is 8.42 Å². The molecule has 0 atom stereocenters. The maximum atomic E-state index is 12.1. The second-order valence-corrected chi connectivity index (χ2v) is 5.74. The fourth-order valence-electron chi connectivity index (χ4n) is 1.30. The molecule has 0 N–H and O–H groups in total. The van der Waals surface area contributed by atoms with Crippen molar-refractivity contribution in [2.24, 2.45) is 4.40 Å². The number of allylic oxidation sites excluding steroid dienone is 1. The summed E-state index contributed by atoms with van der Waals surface area (Å²) in [4.78, 5) is 1.86. The van der Waals surface area contributed by atoms with Gasteiger partial charge < -0.3 is 4.90 Å². The van der Waals surface area contributed by atoms with Gasteiger partial charge in [0.05, 0.1) is 4.90 Å². The van der Waals surface area contributed by atoms with Gasteiger partial charge in [0.15, 0.2) is 0 Å². The number of likely N-dealkylation sites (N-methyl/N-ethyl adjacent to an activating group) is 1. The van der Waals surface area contributed by atoms with Crippen molar-refractivity contribution in [1.29, 1.82) is 0 Å². The molecule has 5 heteroatoms. The van der Waals surface area contributed by atoms with Crippen LogP contribution in [0.3, 0.4) is 0 Å². The molecule has 0 radical (unpaired) electrons. The zero-order valence-corrected chi connectivity index (χ0v) is 11.9. The molecule has 4 nitrogen and oxygen atoms in total. The third kappa shape index (κ3) is 3.70. The van der Waals surface area contributed by atoms with E-state index in [-0.39, 0.29) is 4.90 Å². The molecule has 18 heavy (non-hydrogen) atoms. The lowest BCUT2D eigenvalue weighted by atomic mass is 10.2. The summed E-state index contributed by atoms with van der Waals surface area (Å²) in [5.74, 6) is 0.401. The molecule has 1 aromatic carbocycles. The smallest absolute Gasteiger partial charge is 0.284 e. The molecule has 0 aliphatic rings. The van der Waals surface area contributed by atoms with Crippen molar-refractivity contribution in [3.8, 4) is 0 Å². The first-order valence-electron chi connectivity index (χ1n) is 5.58. The van der Waals surface area contributed by atoms with Crippen molar-refractivity contribution < 1.29 is 8.42 Å². The fraction of sp³-hybridized carbons (Fsp3) is 0.308. The Balaban J connectivity index is 3.21. The topological polar surface area (TPSA) is 49.7 Å². The molecule has 1 rings (SSSR count). The second kappa shape index (κ2) is 5.82. The SMILES string of the molecule is C/C=C/C(=N/S(=O)(=O)c1ccc(C)cc1)N(C)C. The Labute approximate surface area is 109 Å². The molecule has 0 amide bonds. The van der Waals surface area contributed by atoms with Crippen LogP contribution in [0.4, 0.5) is 0 Å². The Bertz CT molecular complexity index is 555. The van der Waals surface area contributed by atoms with Crippen molar-refractivity contribution >= 4 is 15.9 Å². The molecule has 0 saturated carbocycles. The number of hydrogen-bond acceptors (Lipinski definition) is 2. The molecule has 0 aliphatic carbocycles. The van der Waals surface area contributed by atoms with Gasteiger partial charge >= 0.3 is 0 Å². The molecule has 98 valence electrons. The van der Waals surface area contributed by atoms with Crippen LogP contribution in [-0.4, -0.2) is 33.2 Å². The van der Waals surface area contributed by atoms with Gasteiger partial charge in [0, 0.05) is 14.1 Å². The fourth-order valence-corrected chi connectivity index (χ4v) is 2.35. The number of amidine groups is 1. The van der Waals surface area contributed by atoms with Crippen LogP contribution in [0.15, 0.2) is 45.7 Å². The summed E-state index contributed by atoms with van der Waals surface area (Å²) in [7, 11) is -0.141. The van der Waals surface area contributed by atoms with E-state index in [1.54, 1.807) is 55.4 Å². The highest BCUT2D eigenvalue weighted by Gasteiger charge is 2.13. The first-order valence-corrected chi connectivity index (χ1v) is 7.02. The molecular formula is C13H18N2O2S. The largest absolute Gasteiger partial charge is 0.362 e. The van der Waals surface area contributed by atoms with E-state index in [2.05, 4.69) is 4.40 Å². The lowest BCUT2D eigenvalue weighted by Gasteiger charge is -2.11. The average Bonchev–Trinajstić information content (AvgIpc) is 2.28. The summed E-state index contributed by atoms with van der Waals surface area (Å²) in [6.07, 6.45) is 3.41. The highest BCUT2D eigenvalue weighted by atomic mass is 32.2. The highest BCUT2D eigenvalue weighted by molar-refractivity contribution is 7.90. The maximum absolute atomic E-state index is 12.1. The van der Waals surface area contributed by atoms with Crippen molar-refractivity contribution in [2.45, 2.75) is 18.7 Å². The Morgan fingerprint density at radius 3 is 2.22 bits per heavy atom. The zero-order valence-electron chi connectivity index (χ0n) is 11.1. The lowest BCUT2D eigenvalue weighted by Crippen LogP contribution is -2.21. The van der Waals surface area contributed by atoms with Gasteiger partial charge in [-0.25, -0.2) is 0 Å². The van der Waals surface area contributed by atoms with Gasteiger partial charge in [0.25, 0.3) is 10.0 Å². The van der Waals surface area contributed by atoms with Crippen LogP contribution >= 0.6 is 0 Å². The van der Waals surface area contributed by atoms with Crippen molar-refractivity contribution in [3.05, 3.63) is 42.0 Å². The first-order chi connectivity index (χ1) is 8.36. The van der Waals surface area contributed by atoms with Gasteiger partial charge in [-0.15, -0.1) is 4.40 Å². The van der Waals surface area contributed by atoms with Crippen molar-refractivity contribution in [2.75, 3.05) is 14.1 Å². The number of sulfonamides is 1. The summed E-state index contributed by atoms with van der Waals surface area (Å²) < 4.78 is 28.0. The Morgan fingerprint density at radius 2 is 1.78 bits per heavy atom. The number of benzene rings is 1. The number of nitrogens with zero attached hydrogens (tertiary/aromatic N) is 2. The van der Waals surface area contributed by atoms with Crippen LogP contribution in [0.2, 0.25) is 0 Å². The molecule has 0 unspecified atom stereocenters. The third-order valence-electron chi connectivity index (χ3n) is 2.31. The van der Waals surface area contributed by atoms with Crippen LogP contribution in [0.25, 0.3) is 0 Å². The molecule has 0 aliphatic heterocycles. The normalized spacial score (nSPS) is 13.0. The minimum atomic E-state index is -3.65. The van der Waals surface area contributed by atoms with Gasteiger partial charge in [-0.05, 0) is 32.1 Å². The predicted octanol–water partition coefficient (Wildman–Crippen LogP) is 2.22. The monoisotopic (exact) mass is 266 g/mol. The summed E-state index contributed by atoms with van der Waals surface area (Å²) in [5, 5.41) is 0. The first kappa shape index (κ1) is 14.4. The van der Waals surface area contributed by atoms with Gasteiger partial charge in [-0.1, -0.05) is 23.8 Å². The van der Waals surface area contributed by atoms with Gasteiger partial charge in [-0.2, -0.15) is 8.42 Å². The van der Waals surface area contributed by atoms with Crippen molar-refractivity contribution in [1.82, 2.24) is 4.90 Å². The van der Waals surface area contributed by atoms with E-state index in [4.69, 9.17) is 0 Å². The van der Waals surface area contributed by atoms with E-state index in [1.165, 1.54) is 0 Å². The lowest BCUT2D eigenvalue weighted by molar-refractivity contribution is 0.592. The van der Waals surface area contributed by atoms with Crippen LogP contribution in [0, 0.1) is 6.92 Å². The molecule has 1 aromatic rings. The zero-order chi connectivity index (χ0) is 13.8. The second-order valence-electron chi connectivity index (χ2n) is 4.13. The van der Waals surface area contributed by atoms with Crippen molar-refractivity contribution in [3.63, 3.8) is 0 Å². The minimum absolute atomic E-state index is 0.206. The third-order valence-corrected chi connectivity index (χ3v) is 3.60. The Kier molecular flexibility index (Phi) is 4.67. The minimum Gasteiger partial charge on any atom is -0.362 e. The number of rotatable bonds is 3. The summed E-state index contributed by atoms with van der Waals surface area (Å²) in [6, 6.07) is 6.65. The van der Waals surface area contributed by atoms with Gasteiger partial charge in [-0.3, -0.25) is 0 Å². The van der Waals surface area contributed by atoms with E-state index in [0.717, 1.165) is 5.56 Å². The summed E-state index contributed by atoms with van der Waals surface area (Å²) in [6.45, 7) is 3.72. The van der Waals surface area contributed by atoms with Crippen LogP contribution in [0.5, 0.6) is 0 Å². The quantitative estimate of drug-likeness (QED) is 0.622. The predicted molar refractivity (Wildman–Crippen MR) is 74.3 cm³/mol. The van der Waals surface area contributed by atoms with Crippen LogP contribution in [-0.2, 0) is 10.0 Å². The van der Waals surface area contributed by atoms with E-state index < -0.39 is 10.0 Å². The maximum Gasteiger partial charge on any atom is 0.284 e. The Morgan fingerprint density at radius 1 is 1.22 bits per heavy atom. The summed E-state index contributed by atoms with van der Waals surface area (Å²) in [5.41, 5.74) is 1.01. The molecule has 0 spiro atoms. The number of hydrogen-bond donors (Lipinski definition) is 0. The van der Waals surface area contributed by atoms with E-state index in [1.807, 2.05) is 13.8 Å². The van der Waals surface area contributed by atoms with E-state index >= 15 is 0 Å². The standard InChI is InChI=1S/C13H18N2O2S/c1-5-6-13(15(3)4)14-18(16,17)12-9-7-11(2)8-10-12/h5-10H,1-4H3/b6-5+,14-13-. The molecular weight excluding hydrogens is 248 g/mol. The molecule has 0 fully saturated rings. The van der Waals surface area contributed by atoms with Gasteiger partial charge in [0.2, 0.25) is 0 Å². The van der Waals surface area contributed by atoms with Crippen LogP contribution in [0.1, 0.15) is 12.5 Å². The van der Waals surface area contributed by atoms with Crippen LogP contribution < -0.4 is 0 Å². The highest BCUT2D eigenvalue weighted by Crippen LogP contribution is 2.13. The molecule has 0 aromatic heterocycles. The molecule has 0 saturated heterocycles. The average molecular weight is 266 g/mol. The molecule has 0 heterocycles. The molecule has 0 bridgehead atoms. The van der Waals surface area contributed by atoms with E-state index in [0.29, 0.717) is 5.84 Å². The Hall–Kier alpha value is -1.62. The van der Waals surface area contributed by atoms with Gasteiger partial charge in [0.1, 0.15) is 5.84 Å². The summed E-state index contributed by atoms with van der Waals surface area (Å²) >= 11 is 0. The number of aryl methyl sites for hydroxylation is 1.